The molecule has 1 N–H and O–H groups in total. The molecular formula is C22H16F2N2O3. The molecule has 0 spiro atoms. The highest BCUT2D eigenvalue weighted by molar-refractivity contribution is 6.12. The van der Waals surface area contributed by atoms with Crippen LogP contribution in [0.4, 0.5) is 20.2 Å². The zero-order valence-electron chi connectivity index (χ0n) is 15.2. The first-order chi connectivity index (χ1) is 14.1. The van der Waals surface area contributed by atoms with E-state index < -0.39 is 17.8 Å². The van der Waals surface area contributed by atoms with Crippen LogP contribution in [-0.4, -0.2) is 19.1 Å². The summed E-state index contributed by atoms with van der Waals surface area (Å²) in [6.45, 7) is 0.856. The van der Waals surface area contributed by atoms with Crippen molar-refractivity contribution in [2.24, 2.45) is 0 Å². The summed E-state index contributed by atoms with van der Waals surface area (Å²) in [6, 6.07) is 15.5. The maximum absolute atomic E-state index is 14.6. The third-order valence-electron chi connectivity index (χ3n) is 4.99. The molecule has 2 heterocycles. The Balaban J connectivity index is 1.66. The van der Waals surface area contributed by atoms with E-state index in [9.17, 15) is 13.6 Å². The molecule has 1 amide bonds. The lowest BCUT2D eigenvalue weighted by Gasteiger charge is -2.38. The number of hydrogen-bond donors (Lipinski definition) is 1. The maximum Gasteiger partial charge on any atom is 0.262 e. The first-order valence-electron chi connectivity index (χ1n) is 9.15. The molecule has 0 unspecified atom stereocenters. The highest BCUT2D eigenvalue weighted by atomic mass is 19.1. The Bertz CT molecular complexity index is 1120. The SMILES string of the molecule is O=C1c2ccccc2N[C@H](c2ccc(F)cc2F)N1c1ccc2c(c1)OCCO2. The topological polar surface area (TPSA) is 50.8 Å². The van der Waals surface area contributed by atoms with Crippen molar-refractivity contribution in [3.63, 3.8) is 0 Å². The van der Waals surface area contributed by atoms with Crippen molar-refractivity contribution < 1.29 is 23.0 Å². The van der Waals surface area contributed by atoms with E-state index in [2.05, 4.69) is 5.32 Å². The number of hydrogen-bond acceptors (Lipinski definition) is 4. The fraction of sp³-hybridized carbons (Fsp3) is 0.136. The summed E-state index contributed by atoms with van der Waals surface area (Å²) in [6.07, 6.45) is -0.861. The number of benzene rings is 3. The van der Waals surface area contributed by atoms with Gasteiger partial charge in [-0.05, 0) is 36.4 Å². The number of nitrogens with zero attached hydrogens (tertiary/aromatic N) is 1. The molecule has 5 nitrogen and oxygen atoms in total. The van der Waals surface area contributed by atoms with E-state index in [0.29, 0.717) is 41.7 Å². The van der Waals surface area contributed by atoms with E-state index in [0.717, 1.165) is 6.07 Å². The summed E-state index contributed by atoms with van der Waals surface area (Å²) in [5, 5.41) is 3.20. The predicted octanol–water partition coefficient (Wildman–Crippen LogP) is 4.51. The number of ether oxygens (including phenoxy) is 2. The summed E-state index contributed by atoms with van der Waals surface area (Å²) in [5.74, 6) is -0.622. The van der Waals surface area contributed by atoms with Gasteiger partial charge in [0.25, 0.3) is 5.91 Å². The molecule has 3 aromatic rings. The number of para-hydroxylation sites is 1. The van der Waals surface area contributed by atoms with E-state index in [4.69, 9.17) is 9.47 Å². The Kier molecular flexibility index (Phi) is 4.08. The van der Waals surface area contributed by atoms with E-state index in [1.807, 2.05) is 0 Å². The minimum absolute atomic E-state index is 0.157. The number of rotatable bonds is 2. The number of carbonyl (C=O) groups is 1. The number of fused-ring (bicyclic) bond motifs is 2. The molecule has 0 bridgehead atoms. The Morgan fingerprint density at radius 2 is 1.72 bits per heavy atom. The first-order valence-corrected chi connectivity index (χ1v) is 9.15. The van der Waals surface area contributed by atoms with Crippen molar-refractivity contribution in [2.45, 2.75) is 6.17 Å². The molecule has 3 aromatic carbocycles. The average molecular weight is 394 g/mol. The second kappa shape index (κ2) is 6.77. The van der Waals surface area contributed by atoms with Crippen LogP contribution in [-0.2, 0) is 0 Å². The molecule has 2 aliphatic rings. The minimum Gasteiger partial charge on any atom is -0.486 e. The number of halogens is 2. The van der Waals surface area contributed by atoms with Crippen LogP contribution in [0.15, 0.2) is 60.7 Å². The Morgan fingerprint density at radius 1 is 0.931 bits per heavy atom. The van der Waals surface area contributed by atoms with Crippen molar-refractivity contribution in [2.75, 3.05) is 23.4 Å². The van der Waals surface area contributed by atoms with Crippen molar-refractivity contribution in [3.8, 4) is 11.5 Å². The third kappa shape index (κ3) is 2.95. The van der Waals surface area contributed by atoms with Crippen molar-refractivity contribution in [3.05, 3.63) is 83.4 Å². The zero-order chi connectivity index (χ0) is 20.0. The summed E-state index contributed by atoms with van der Waals surface area (Å²) >= 11 is 0. The third-order valence-corrected chi connectivity index (χ3v) is 4.99. The van der Waals surface area contributed by atoms with E-state index in [-0.39, 0.29) is 11.5 Å². The minimum atomic E-state index is -0.861. The quantitative estimate of drug-likeness (QED) is 0.695. The molecule has 0 aromatic heterocycles. The van der Waals surface area contributed by atoms with Crippen LogP contribution in [0.5, 0.6) is 11.5 Å². The molecule has 146 valence electrons. The van der Waals surface area contributed by atoms with Gasteiger partial charge < -0.3 is 14.8 Å². The number of anilines is 2. The van der Waals surface area contributed by atoms with Crippen molar-refractivity contribution in [1.82, 2.24) is 0 Å². The molecule has 0 radical (unpaired) electrons. The second-order valence-electron chi connectivity index (χ2n) is 6.76. The van der Waals surface area contributed by atoms with Gasteiger partial charge in [-0.15, -0.1) is 0 Å². The van der Waals surface area contributed by atoms with Crippen LogP contribution < -0.4 is 19.7 Å². The first kappa shape index (κ1) is 17.5. The van der Waals surface area contributed by atoms with Crippen LogP contribution in [0.1, 0.15) is 22.1 Å². The smallest absolute Gasteiger partial charge is 0.262 e. The number of amides is 1. The molecule has 2 aliphatic heterocycles. The fourth-order valence-electron chi connectivity index (χ4n) is 3.64. The summed E-state index contributed by atoms with van der Waals surface area (Å²) < 4.78 is 39.3. The van der Waals surface area contributed by atoms with E-state index >= 15 is 0 Å². The van der Waals surface area contributed by atoms with Gasteiger partial charge >= 0.3 is 0 Å². The molecular weight excluding hydrogens is 378 g/mol. The van der Waals surface area contributed by atoms with Gasteiger partial charge in [0.2, 0.25) is 0 Å². The van der Waals surface area contributed by atoms with Gasteiger partial charge in [0.15, 0.2) is 11.5 Å². The fourth-order valence-corrected chi connectivity index (χ4v) is 3.64. The molecule has 29 heavy (non-hydrogen) atoms. The second-order valence-corrected chi connectivity index (χ2v) is 6.76. The highest BCUT2D eigenvalue weighted by Gasteiger charge is 2.36. The molecule has 0 aliphatic carbocycles. The van der Waals surface area contributed by atoms with E-state index in [1.165, 1.54) is 17.0 Å². The van der Waals surface area contributed by atoms with Crippen molar-refractivity contribution in [1.29, 1.82) is 0 Å². The monoisotopic (exact) mass is 394 g/mol. The normalized spacial score (nSPS) is 17.5. The lowest BCUT2D eigenvalue weighted by molar-refractivity contribution is 0.0974. The highest BCUT2D eigenvalue weighted by Crippen LogP contribution is 2.41. The van der Waals surface area contributed by atoms with Gasteiger partial charge in [0.05, 0.1) is 11.3 Å². The molecule has 5 rings (SSSR count). The van der Waals surface area contributed by atoms with Crippen LogP contribution in [0, 0.1) is 11.6 Å². The lowest BCUT2D eigenvalue weighted by atomic mass is 10.0. The molecule has 7 heteroatoms. The summed E-state index contributed by atoms with van der Waals surface area (Å²) in [7, 11) is 0. The Morgan fingerprint density at radius 3 is 2.55 bits per heavy atom. The Labute approximate surface area is 165 Å². The molecule has 1 atom stereocenters. The molecule has 0 saturated heterocycles. The van der Waals surface area contributed by atoms with Crippen LogP contribution in [0.2, 0.25) is 0 Å². The average Bonchev–Trinajstić information content (AvgIpc) is 2.73. The van der Waals surface area contributed by atoms with Crippen molar-refractivity contribution >= 4 is 17.3 Å². The number of carbonyl (C=O) groups excluding carboxylic acids is 1. The van der Waals surface area contributed by atoms with E-state index in [1.54, 1.807) is 42.5 Å². The van der Waals surface area contributed by atoms with Gasteiger partial charge in [0.1, 0.15) is 31.0 Å². The van der Waals surface area contributed by atoms with Gasteiger partial charge in [0, 0.05) is 23.4 Å². The zero-order valence-corrected chi connectivity index (χ0v) is 15.2. The summed E-state index contributed by atoms with van der Waals surface area (Å²) in [4.78, 5) is 14.8. The van der Waals surface area contributed by atoms with Gasteiger partial charge in [-0.3, -0.25) is 9.69 Å². The van der Waals surface area contributed by atoms with Crippen LogP contribution >= 0.6 is 0 Å². The summed E-state index contributed by atoms with van der Waals surface area (Å²) in [5.41, 5.74) is 1.71. The van der Waals surface area contributed by atoms with Gasteiger partial charge in [-0.2, -0.15) is 0 Å². The van der Waals surface area contributed by atoms with Gasteiger partial charge in [-0.25, -0.2) is 8.78 Å². The van der Waals surface area contributed by atoms with Gasteiger partial charge in [-0.1, -0.05) is 12.1 Å². The van der Waals surface area contributed by atoms with Crippen LogP contribution in [0.3, 0.4) is 0 Å². The molecule has 0 saturated carbocycles. The predicted molar refractivity (Wildman–Crippen MR) is 103 cm³/mol. The standard InChI is InChI=1S/C22H16F2N2O3/c23-13-5-7-15(17(24)11-13)21-25-18-4-2-1-3-16(18)22(27)26(21)14-6-8-19-20(12-14)29-10-9-28-19/h1-8,11-12,21,25H,9-10H2/t21-/m0/s1. The number of nitrogens with one attached hydrogen (secondary N) is 1. The molecule has 0 fully saturated rings. The maximum atomic E-state index is 14.6. The van der Waals surface area contributed by atoms with Crippen LogP contribution in [0.25, 0.3) is 0 Å². The largest absolute Gasteiger partial charge is 0.486 e. The lowest BCUT2D eigenvalue weighted by Crippen LogP contribution is -2.43. The Hall–Kier alpha value is -3.61.